The molecule has 7 nitrogen and oxygen atoms in total. The van der Waals surface area contributed by atoms with E-state index in [1.165, 1.54) is 0 Å². The lowest BCUT2D eigenvalue weighted by atomic mass is 9.83. The molecule has 0 aliphatic carbocycles. The molecule has 0 bridgehead atoms. The number of aliphatic imine (C=N–C) groups is 1. The van der Waals surface area contributed by atoms with Crippen molar-refractivity contribution in [3.05, 3.63) is 53.2 Å². The summed E-state index contributed by atoms with van der Waals surface area (Å²) in [5.74, 6) is -2.28. The lowest BCUT2D eigenvalue weighted by molar-refractivity contribution is -0.209. The van der Waals surface area contributed by atoms with Crippen LogP contribution in [0.25, 0.3) is 0 Å². The highest BCUT2D eigenvalue weighted by Gasteiger charge is 2.52. The number of Topliss-reactive ketones (excluding diaryl/α,β-unsaturated/α-hetero) is 1. The minimum atomic E-state index is -4.93. The number of amidine groups is 1. The van der Waals surface area contributed by atoms with Crippen molar-refractivity contribution in [1.82, 2.24) is 9.97 Å². The third kappa shape index (κ3) is 6.33. The summed E-state index contributed by atoms with van der Waals surface area (Å²) >= 11 is 0. The summed E-state index contributed by atoms with van der Waals surface area (Å²) in [4.78, 5) is 23.3. The van der Waals surface area contributed by atoms with Crippen LogP contribution in [0.15, 0.2) is 35.6 Å². The van der Waals surface area contributed by atoms with Crippen molar-refractivity contribution in [2.75, 3.05) is 13.3 Å². The van der Waals surface area contributed by atoms with Gasteiger partial charge in [-0.15, -0.1) is 0 Å². The molecule has 2 aromatic rings. The van der Waals surface area contributed by atoms with Crippen LogP contribution in [0.5, 0.6) is 5.88 Å². The van der Waals surface area contributed by atoms with Crippen LogP contribution in [0.3, 0.4) is 0 Å². The molecule has 2 N–H and O–H groups in total. The molecule has 3 rings (SSSR count). The third-order valence-corrected chi connectivity index (χ3v) is 4.89. The van der Waals surface area contributed by atoms with E-state index in [4.69, 9.17) is 5.73 Å². The topological polar surface area (TPSA) is 99.7 Å². The highest BCUT2D eigenvalue weighted by Crippen LogP contribution is 2.41. The molecule has 0 amide bonds. The Morgan fingerprint density at radius 1 is 1.17 bits per heavy atom. The van der Waals surface area contributed by atoms with E-state index in [0.717, 1.165) is 30.6 Å². The van der Waals surface area contributed by atoms with Crippen LogP contribution < -0.4 is 10.5 Å². The fourth-order valence-electron chi connectivity index (χ4n) is 3.29. The Hall–Kier alpha value is -3.52. The van der Waals surface area contributed by atoms with Crippen molar-refractivity contribution in [1.29, 1.82) is 0 Å². The number of carbonyl (C=O) groups is 1. The van der Waals surface area contributed by atoms with Gasteiger partial charge in [0.15, 0.2) is 18.5 Å². The number of hydrogen-bond donors (Lipinski definition) is 1. The Balaban J connectivity index is 1.83. The van der Waals surface area contributed by atoms with E-state index in [0.29, 0.717) is 0 Å². The Kier molecular flexibility index (Phi) is 7.17. The van der Waals surface area contributed by atoms with Gasteiger partial charge in [0.05, 0.1) is 12.4 Å². The normalized spacial score (nSPS) is 20.7. The van der Waals surface area contributed by atoms with Crippen LogP contribution in [0, 0.1) is 5.82 Å². The molecule has 35 heavy (non-hydrogen) atoms. The highest BCUT2D eigenvalue weighted by molar-refractivity contribution is 5.95. The summed E-state index contributed by atoms with van der Waals surface area (Å²) < 4.78 is 114. The van der Waals surface area contributed by atoms with E-state index < -0.39 is 79.2 Å². The number of aromatic nitrogens is 2. The lowest BCUT2D eigenvalue weighted by Crippen LogP contribution is -2.48. The highest BCUT2D eigenvalue weighted by atomic mass is 19.4. The molecule has 1 aliphatic rings. The Morgan fingerprint density at radius 3 is 2.46 bits per heavy atom. The predicted octanol–water partition coefficient (Wildman–Crippen LogP) is 3.81. The van der Waals surface area contributed by atoms with E-state index in [1.54, 1.807) is 0 Å². The van der Waals surface area contributed by atoms with Gasteiger partial charge in [0.1, 0.15) is 23.7 Å². The first-order valence-electron chi connectivity index (χ1n) is 9.71. The first-order valence-corrected chi connectivity index (χ1v) is 9.71. The molecule has 1 aliphatic heterocycles. The maximum atomic E-state index is 14.6. The average Bonchev–Trinajstić information content (AvgIpc) is 2.77. The van der Waals surface area contributed by atoms with Crippen molar-refractivity contribution in [3.8, 4) is 5.88 Å². The predicted molar refractivity (Wildman–Crippen MR) is 103 cm³/mol. The minimum Gasteiger partial charge on any atom is -0.467 e. The molecule has 0 unspecified atom stereocenters. The number of rotatable bonds is 7. The second-order valence-electron chi connectivity index (χ2n) is 7.53. The molecule has 15 heteroatoms. The SMILES string of the molecule is NC1=N[C@](CF)(c2cc(CC(=O)c3cnc(OCC(F)(F)F)cn3)ccc2F)C[C@@H](C(F)(F)F)O1. The molecule has 2 atom stereocenters. The third-order valence-electron chi connectivity index (χ3n) is 4.89. The molecule has 0 spiro atoms. The van der Waals surface area contributed by atoms with Gasteiger partial charge in [-0.3, -0.25) is 4.79 Å². The molecule has 2 heterocycles. The second kappa shape index (κ2) is 9.62. The maximum Gasteiger partial charge on any atom is 0.425 e. The zero-order valence-corrected chi connectivity index (χ0v) is 17.5. The minimum absolute atomic E-state index is 0.0715. The molecular formula is C20H16F8N4O3. The summed E-state index contributed by atoms with van der Waals surface area (Å²) in [6.07, 6.45) is -12.0. The van der Waals surface area contributed by atoms with Crippen LogP contribution in [-0.2, 0) is 16.7 Å². The average molecular weight is 512 g/mol. The summed E-state index contributed by atoms with van der Waals surface area (Å²) in [6.45, 7) is -3.15. The van der Waals surface area contributed by atoms with Crippen LogP contribution >= 0.6 is 0 Å². The van der Waals surface area contributed by atoms with Crippen molar-refractivity contribution < 1.29 is 49.4 Å². The van der Waals surface area contributed by atoms with E-state index in [1.807, 2.05) is 0 Å². The Morgan fingerprint density at radius 2 is 1.89 bits per heavy atom. The molecule has 1 aromatic heterocycles. The molecule has 0 saturated carbocycles. The summed E-state index contributed by atoms with van der Waals surface area (Å²) in [6, 6.07) is 1.99. The number of nitrogens with zero attached hydrogens (tertiary/aromatic N) is 3. The number of ether oxygens (including phenoxy) is 2. The van der Waals surface area contributed by atoms with Gasteiger partial charge in [-0.1, -0.05) is 6.07 Å². The van der Waals surface area contributed by atoms with Gasteiger partial charge in [0, 0.05) is 18.4 Å². The van der Waals surface area contributed by atoms with Gasteiger partial charge in [-0.2, -0.15) is 26.3 Å². The number of carbonyl (C=O) groups excluding carboxylic acids is 1. The van der Waals surface area contributed by atoms with Crippen LogP contribution in [0.4, 0.5) is 35.1 Å². The number of hydrogen-bond acceptors (Lipinski definition) is 7. The van der Waals surface area contributed by atoms with E-state index in [2.05, 4.69) is 24.4 Å². The van der Waals surface area contributed by atoms with Crippen LogP contribution in [0.2, 0.25) is 0 Å². The second-order valence-corrected chi connectivity index (χ2v) is 7.53. The molecule has 0 radical (unpaired) electrons. The van der Waals surface area contributed by atoms with Crippen molar-refractivity contribution in [2.45, 2.75) is 36.8 Å². The van der Waals surface area contributed by atoms with Gasteiger partial charge in [-0.05, 0) is 17.7 Å². The quantitative estimate of drug-likeness (QED) is 0.448. The van der Waals surface area contributed by atoms with Gasteiger partial charge < -0.3 is 15.2 Å². The van der Waals surface area contributed by atoms with Crippen molar-refractivity contribution in [2.24, 2.45) is 10.7 Å². The molecule has 0 saturated heterocycles. The molecule has 0 fully saturated rings. The number of ketones is 1. The number of alkyl halides is 7. The molecular weight excluding hydrogens is 496 g/mol. The van der Waals surface area contributed by atoms with E-state index in [-0.39, 0.29) is 11.3 Å². The standard InChI is InChI=1S/C20H16F8N4O3/c21-8-18(5-15(20(26,27)28)35-17(29)32-18)11-3-10(1-2-12(11)22)4-14(33)13-6-31-16(7-30-13)34-9-19(23,24)25/h1-3,6-7,15H,4-5,8-9H2,(H2,29,32)/t15-,18+/m0/s1. The molecule has 1 aromatic carbocycles. The smallest absolute Gasteiger partial charge is 0.425 e. The lowest BCUT2D eigenvalue weighted by Gasteiger charge is -2.36. The van der Waals surface area contributed by atoms with Crippen molar-refractivity contribution >= 4 is 11.8 Å². The van der Waals surface area contributed by atoms with Crippen molar-refractivity contribution in [3.63, 3.8) is 0 Å². The van der Waals surface area contributed by atoms with Crippen LogP contribution in [0.1, 0.15) is 28.0 Å². The number of nitrogens with two attached hydrogens (primary N) is 1. The summed E-state index contributed by atoms with van der Waals surface area (Å²) in [7, 11) is 0. The first kappa shape index (κ1) is 26.1. The monoisotopic (exact) mass is 512 g/mol. The first-order chi connectivity index (χ1) is 16.2. The Bertz CT molecular complexity index is 1110. The van der Waals surface area contributed by atoms with Gasteiger partial charge in [-0.25, -0.2) is 23.7 Å². The largest absolute Gasteiger partial charge is 0.467 e. The fraction of sp³-hybridized carbons (Fsp3) is 0.400. The number of benzene rings is 1. The summed E-state index contributed by atoms with van der Waals surface area (Å²) in [5, 5.41) is 0. The van der Waals surface area contributed by atoms with Gasteiger partial charge in [0.25, 0.3) is 6.02 Å². The Labute approximate surface area is 192 Å². The number of halogens is 8. The van der Waals surface area contributed by atoms with E-state index >= 15 is 0 Å². The maximum absolute atomic E-state index is 14.6. The van der Waals surface area contributed by atoms with Gasteiger partial charge in [0.2, 0.25) is 5.88 Å². The zero-order chi connectivity index (χ0) is 26.0. The zero-order valence-electron chi connectivity index (χ0n) is 17.5. The van der Waals surface area contributed by atoms with Crippen LogP contribution in [-0.4, -0.2) is 53.5 Å². The van der Waals surface area contributed by atoms with Gasteiger partial charge >= 0.3 is 12.4 Å². The fourth-order valence-corrected chi connectivity index (χ4v) is 3.29. The van der Waals surface area contributed by atoms with E-state index in [9.17, 15) is 39.9 Å². The molecule has 190 valence electrons. The summed E-state index contributed by atoms with van der Waals surface area (Å²) in [5.41, 5.74) is 2.20.